The number of aryl methyl sites for hydroxylation is 1. The molecule has 1 heterocycles. The molecule has 2 rings (SSSR count). The highest BCUT2D eigenvalue weighted by atomic mass is 35.5. The average molecular weight is 266 g/mol. The minimum Gasteiger partial charge on any atom is -0.476 e. The Balaban J connectivity index is 2.29. The topological polar surface area (TPSA) is 81.1 Å². The van der Waals surface area contributed by atoms with Gasteiger partial charge in [0.1, 0.15) is 0 Å². The molecule has 0 saturated carbocycles. The fraction of sp³-hybridized carbons (Fsp3) is 0.167. The molecule has 0 spiro atoms. The minimum absolute atomic E-state index is 0.141. The van der Waals surface area contributed by atoms with Gasteiger partial charge in [-0.25, -0.2) is 4.79 Å². The largest absolute Gasteiger partial charge is 0.476 e. The molecule has 3 N–H and O–H groups in total. The summed E-state index contributed by atoms with van der Waals surface area (Å²) in [4.78, 5) is 10.8. The molecule has 0 bridgehead atoms. The van der Waals surface area contributed by atoms with Crippen LogP contribution in [0.5, 0.6) is 0 Å². The summed E-state index contributed by atoms with van der Waals surface area (Å²) < 4.78 is 1.47. The van der Waals surface area contributed by atoms with Gasteiger partial charge < -0.3 is 10.8 Å². The molecule has 0 radical (unpaired) electrons. The van der Waals surface area contributed by atoms with Gasteiger partial charge in [-0.1, -0.05) is 23.7 Å². The van der Waals surface area contributed by atoms with Crippen molar-refractivity contribution in [1.29, 1.82) is 0 Å². The van der Waals surface area contributed by atoms with E-state index in [-0.39, 0.29) is 11.4 Å². The summed E-state index contributed by atoms with van der Waals surface area (Å²) in [5.74, 6) is -1.14. The van der Waals surface area contributed by atoms with Crippen LogP contribution in [0.4, 0.5) is 5.69 Å². The van der Waals surface area contributed by atoms with Gasteiger partial charge in [0.25, 0.3) is 0 Å². The third-order valence-electron chi connectivity index (χ3n) is 2.53. The van der Waals surface area contributed by atoms with Crippen LogP contribution in [0, 0.1) is 6.92 Å². The number of hydrogen-bond donors (Lipinski definition) is 2. The Bertz CT molecular complexity index is 607. The predicted molar refractivity (Wildman–Crippen MR) is 68.9 cm³/mol. The van der Waals surface area contributed by atoms with Crippen molar-refractivity contribution >= 4 is 23.3 Å². The Morgan fingerprint density at radius 2 is 2.28 bits per heavy atom. The number of nitrogen functional groups attached to an aromatic ring is 1. The summed E-state index contributed by atoms with van der Waals surface area (Å²) in [6, 6.07) is 5.67. The van der Waals surface area contributed by atoms with Crippen molar-refractivity contribution in [2.45, 2.75) is 13.5 Å². The molecule has 1 aromatic heterocycles. The van der Waals surface area contributed by atoms with Gasteiger partial charge in [0.05, 0.1) is 12.2 Å². The molecule has 5 nitrogen and oxygen atoms in total. The van der Waals surface area contributed by atoms with Gasteiger partial charge in [0, 0.05) is 11.2 Å². The van der Waals surface area contributed by atoms with Crippen LogP contribution in [0.1, 0.15) is 21.6 Å². The number of nitrogens with two attached hydrogens (primary N) is 1. The van der Waals surface area contributed by atoms with E-state index in [1.807, 2.05) is 25.1 Å². The SMILES string of the molecule is Cc1ccc(Cn2cc(N)c(C(=O)O)n2)c(Cl)c1. The molecule has 0 fully saturated rings. The maximum atomic E-state index is 10.8. The molecule has 0 amide bonds. The van der Waals surface area contributed by atoms with Gasteiger partial charge in [-0.2, -0.15) is 5.10 Å². The molecule has 0 aliphatic heterocycles. The van der Waals surface area contributed by atoms with Gasteiger partial charge >= 0.3 is 5.97 Å². The molecule has 0 saturated heterocycles. The van der Waals surface area contributed by atoms with Crippen molar-refractivity contribution in [2.24, 2.45) is 0 Å². The lowest BCUT2D eigenvalue weighted by Gasteiger charge is -2.05. The summed E-state index contributed by atoms with van der Waals surface area (Å²) in [7, 11) is 0. The van der Waals surface area contributed by atoms with Gasteiger partial charge in [0.2, 0.25) is 0 Å². The zero-order chi connectivity index (χ0) is 13.3. The molecular formula is C12H12ClN3O2. The zero-order valence-electron chi connectivity index (χ0n) is 9.72. The number of rotatable bonds is 3. The minimum atomic E-state index is -1.14. The number of aromatic carboxylic acids is 1. The van der Waals surface area contributed by atoms with E-state index in [2.05, 4.69) is 5.10 Å². The first-order valence-corrected chi connectivity index (χ1v) is 5.66. The van der Waals surface area contributed by atoms with E-state index in [9.17, 15) is 4.79 Å². The van der Waals surface area contributed by atoms with Crippen LogP contribution >= 0.6 is 11.6 Å². The second-order valence-corrected chi connectivity index (χ2v) is 4.44. The number of anilines is 1. The zero-order valence-corrected chi connectivity index (χ0v) is 10.5. The molecule has 0 atom stereocenters. The van der Waals surface area contributed by atoms with E-state index in [1.165, 1.54) is 10.9 Å². The van der Waals surface area contributed by atoms with E-state index in [0.29, 0.717) is 11.6 Å². The van der Waals surface area contributed by atoms with E-state index in [1.54, 1.807) is 0 Å². The summed E-state index contributed by atoms with van der Waals surface area (Å²) in [6.45, 7) is 2.33. The number of carboxylic acid groups (broad SMARTS) is 1. The number of hydrogen-bond acceptors (Lipinski definition) is 3. The monoisotopic (exact) mass is 265 g/mol. The highest BCUT2D eigenvalue weighted by Gasteiger charge is 2.13. The van der Waals surface area contributed by atoms with Crippen molar-refractivity contribution in [3.05, 3.63) is 46.2 Å². The molecule has 18 heavy (non-hydrogen) atoms. The highest BCUT2D eigenvalue weighted by molar-refractivity contribution is 6.31. The van der Waals surface area contributed by atoms with Crippen LogP contribution in [-0.4, -0.2) is 20.9 Å². The molecular weight excluding hydrogens is 254 g/mol. The lowest BCUT2D eigenvalue weighted by Crippen LogP contribution is -2.05. The smallest absolute Gasteiger partial charge is 0.358 e. The van der Waals surface area contributed by atoms with Crippen LogP contribution in [0.25, 0.3) is 0 Å². The van der Waals surface area contributed by atoms with Crippen LogP contribution in [0.3, 0.4) is 0 Å². The fourth-order valence-corrected chi connectivity index (χ4v) is 1.93. The Hall–Kier alpha value is -2.01. The second-order valence-electron chi connectivity index (χ2n) is 4.03. The summed E-state index contributed by atoms with van der Waals surface area (Å²) in [5, 5.41) is 13.4. The third kappa shape index (κ3) is 2.46. The molecule has 1 aromatic carbocycles. The van der Waals surface area contributed by atoms with Crippen LogP contribution < -0.4 is 5.73 Å². The number of aromatic nitrogens is 2. The van der Waals surface area contributed by atoms with Crippen molar-refractivity contribution < 1.29 is 9.90 Å². The first kappa shape index (κ1) is 12.4. The van der Waals surface area contributed by atoms with E-state index >= 15 is 0 Å². The number of carboxylic acids is 1. The van der Waals surface area contributed by atoms with Crippen molar-refractivity contribution in [2.75, 3.05) is 5.73 Å². The molecule has 6 heteroatoms. The Labute approximate surface area is 109 Å². The number of carbonyl (C=O) groups is 1. The molecule has 0 aliphatic carbocycles. The van der Waals surface area contributed by atoms with Gasteiger partial charge in [-0.3, -0.25) is 4.68 Å². The lowest BCUT2D eigenvalue weighted by molar-refractivity contribution is 0.0690. The normalized spacial score (nSPS) is 10.6. The van der Waals surface area contributed by atoms with E-state index < -0.39 is 5.97 Å². The molecule has 0 aliphatic rings. The van der Waals surface area contributed by atoms with Crippen molar-refractivity contribution in [3.8, 4) is 0 Å². The van der Waals surface area contributed by atoms with Gasteiger partial charge in [-0.15, -0.1) is 0 Å². The van der Waals surface area contributed by atoms with E-state index in [4.69, 9.17) is 22.4 Å². The van der Waals surface area contributed by atoms with Crippen LogP contribution in [0.2, 0.25) is 5.02 Å². The van der Waals surface area contributed by atoms with Crippen molar-refractivity contribution in [3.63, 3.8) is 0 Å². The van der Waals surface area contributed by atoms with Crippen molar-refractivity contribution in [1.82, 2.24) is 9.78 Å². The fourth-order valence-electron chi connectivity index (χ4n) is 1.64. The highest BCUT2D eigenvalue weighted by Crippen LogP contribution is 2.19. The van der Waals surface area contributed by atoms with Crippen LogP contribution in [-0.2, 0) is 6.54 Å². The quantitative estimate of drug-likeness (QED) is 0.891. The maximum Gasteiger partial charge on any atom is 0.358 e. The van der Waals surface area contributed by atoms with Gasteiger partial charge in [0.15, 0.2) is 5.69 Å². The maximum absolute atomic E-state index is 10.8. The van der Waals surface area contributed by atoms with Crippen LogP contribution in [0.15, 0.2) is 24.4 Å². The summed E-state index contributed by atoms with van der Waals surface area (Å²) >= 11 is 6.10. The summed E-state index contributed by atoms with van der Waals surface area (Å²) in [5.41, 5.74) is 7.49. The van der Waals surface area contributed by atoms with E-state index in [0.717, 1.165) is 11.1 Å². The Kier molecular flexibility index (Phi) is 3.25. The molecule has 94 valence electrons. The average Bonchev–Trinajstić information content (AvgIpc) is 2.64. The standard InChI is InChI=1S/C12H12ClN3O2/c1-7-2-3-8(9(13)4-7)5-16-6-10(14)11(15-16)12(17)18/h2-4,6H,5,14H2,1H3,(H,17,18). The number of nitrogens with zero attached hydrogens (tertiary/aromatic N) is 2. The lowest BCUT2D eigenvalue weighted by atomic mass is 10.1. The second kappa shape index (κ2) is 4.70. The van der Waals surface area contributed by atoms with Gasteiger partial charge in [-0.05, 0) is 24.1 Å². The Morgan fingerprint density at radius 1 is 1.56 bits per heavy atom. The number of halogens is 1. The predicted octanol–water partition coefficient (Wildman–Crippen LogP) is 2.17. The Morgan fingerprint density at radius 3 is 2.83 bits per heavy atom. The first-order chi connectivity index (χ1) is 8.47. The molecule has 0 unspecified atom stereocenters. The molecule has 2 aromatic rings. The first-order valence-electron chi connectivity index (χ1n) is 5.28. The third-order valence-corrected chi connectivity index (χ3v) is 2.89. The summed E-state index contributed by atoms with van der Waals surface area (Å²) in [6.07, 6.45) is 1.49. The number of benzene rings is 1.